The second-order valence-corrected chi connectivity index (χ2v) is 14.7. The van der Waals surface area contributed by atoms with Crippen LogP contribution in [0.1, 0.15) is 0 Å². The van der Waals surface area contributed by atoms with E-state index >= 15 is 0 Å². The summed E-state index contributed by atoms with van der Waals surface area (Å²) >= 11 is 0. The normalized spacial score (nSPS) is 11.8. The fraction of sp³-hybridized carbons (Fsp3) is 0. The van der Waals surface area contributed by atoms with Gasteiger partial charge in [0.2, 0.25) is 0 Å². The van der Waals surface area contributed by atoms with Crippen LogP contribution in [0.3, 0.4) is 0 Å². The van der Waals surface area contributed by atoms with Crippen LogP contribution in [0, 0.1) is 0 Å². The van der Waals surface area contributed by atoms with Crippen LogP contribution < -0.4 is 0 Å². The third-order valence-corrected chi connectivity index (χ3v) is 11.3. The smallest absolute Gasteiger partial charge is 0.164 e. The lowest BCUT2D eigenvalue weighted by molar-refractivity contribution is 1.07. The van der Waals surface area contributed by atoms with Crippen molar-refractivity contribution in [2.75, 3.05) is 0 Å². The lowest BCUT2D eigenvalue weighted by Crippen LogP contribution is -2.00. The standard InChI is InChI=1S/C52H32N6/c1-3-14-34(15-4-1)49-54-50(35-16-5-2-6-17-35)56-51(55-49)37-19-13-18-36(32-37)33-26-28-38(29-27-33)57-45-24-11-9-21-40(45)42-31-30-41-39-20-7-8-22-43(39)52-53-44-23-10-12-25-46(44)58(52)48(41)47(42)57/h1-32H. The van der Waals surface area contributed by atoms with Gasteiger partial charge in [0.25, 0.3) is 0 Å². The summed E-state index contributed by atoms with van der Waals surface area (Å²) in [7, 11) is 0. The van der Waals surface area contributed by atoms with E-state index in [0.29, 0.717) is 17.5 Å². The summed E-state index contributed by atoms with van der Waals surface area (Å²) in [5, 5.41) is 5.95. The third kappa shape index (κ3) is 4.98. The van der Waals surface area contributed by atoms with Crippen molar-refractivity contribution < 1.29 is 0 Å². The summed E-state index contributed by atoms with van der Waals surface area (Å²) in [5.41, 5.74) is 12.6. The van der Waals surface area contributed by atoms with Gasteiger partial charge in [-0.2, -0.15) is 0 Å². The fourth-order valence-corrected chi connectivity index (χ4v) is 8.68. The van der Waals surface area contributed by atoms with Gasteiger partial charge in [-0.3, -0.25) is 4.40 Å². The van der Waals surface area contributed by atoms with Crippen LogP contribution in [0.2, 0.25) is 0 Å². The number of rotatable bonds is 5. The van der Waals surface area contributed by atoms with E-state index in [1.54, 1.807) is 0 Å². The molecule has 270 valence electrons. The molecule has 0 amide bonds. The molecule has 12 rings (SSSR count). The van der Waals surface area contributed by atoms with E-state index in [1.165, 1.54) is 21.5 Å². The number of hydrogen-bond donors (Lipinski definition) is 0. The number of fused-ring (bicyclic) bond motifs is 12. The quantitative estimate of drug-likeness (QED) is 0.165. The molecule has 0 saturated heterocycles. The number of para-hydroxylation sites is 3. The minimum absolute atomic E-state index is 0.634. The van der Waals surface area contributed by atoms with Gasteiger partial charge in [0.1, 0.15) is 5.65 Å². The molecular formula is C52H32N6. The van der Waals surface area contributed by atoms with Gasteiger partial charge in [-0.25, -0.2) is 19.9 Å². The second kappa shape index (κ2) is 12.8. The molecule has 6 heteroatoms. The molecule has 12 aromatic rings. The van der Waals surface area contributed by atoms with Gasteiger partial charge in [0.15, 0.2) is 17.5 Å². The van der Waals surface area contributed by atoms with Crippen LogP contribution in [-0.4, -0.2) is 28.9 Å². The highest BCUT2D eigenvalue weighted by Crippen LogP contribution is 2.41. The van der Waals surface area contributed by atoms with Crippen molar-refractivity contribution in [1.82, 2.24) is 28.9 Å². The maximum atomic E-state index is 5.21. The van der Waals surface area contributed by atoms with E-state index in [2.05, 4.69) is 142 Å². The Kier molecular flexibility index (Phi) is 7.13. The van der Waals surface area contributed by atoms with E-state index in [0.717, 1.165) is 72.1 Å². The van der Waals surface area contributed by atoms with Crippen LogP contribution in [0.5, 0.6) is 0 Å². The van der Waals surface area contributed by atoms with Gasteiger partial charge in [0, 0.05) is 43.9 Å². The third-order valence-electron chi connectivity index (χ3n) is 11.3. The van der Waals surface area contributed by atoms with Crippen molar-refractivity contribution in [2.45, 2.75) is 0 Å². The zero-order valence-corrected chi connectivity index (χ0v) is 31.2. The summed E-state index contributed by atoms with van der Waals surface area (Å²) in [6.07, 6.45) is 0. The van der Waals surface area contributed by atoms with Crippen molar-refractivity contribution in [3.05, 3.63) is 194 Å². The van der Waals surface area contributed by atoms with Gasteiger partial charge in [-0.1, -0.05) is 158 Å². The maximum Gasteiger partial charge on any atom is 0.164 e. The molecule has 0 radical (unpaired) electrons. The Morgan fingerprint density at radius 3 is 1.55 bits per heavy atom. The van der Waals surface area contributed by atoms with Crippen molar-refractivity contribution in [1.29, 1.82) is 0 Å². The van der Waals surface area contributed by atoms with E-state index in [9.17, 15) is 0 Å². The maximum absolute atomic E-state index is 5.21. The monoisotopic (exact) mass is 740 g/mol. The fourth-order valence-electron chi connectivity index (χ4n) is 8.68. The van der Waals surface area contributed by atoms with Crippen LogP contribution in [0.25, 0.3) is 111 Å². The molecule has 0 aliphatic carbocycles. The number of benzene rings is 8. The first-order valence-electron chi connectivity index (χ1n) is 19.5. The van der Waals surface area contributed by atoms with Gasteiger partial charge < -0.3 is 4.57 Å². The highest BCUT2D eigenvalue weighted by molar-refractivity contribution is 6.24. The summed E-state index contributed by atoms with van der Waals surface area (Å²) in [6.45, 7) is 0. The molecule has 0 aliphatic rings. The molecule has 58 heavy (non-hydrogen) atoms. The van der Waals surface area contributed by atoms with Crippen LogP contribution in [0.15, 0.2) is 194 Å². The molecule has 0 fully saturated rings. The largest absolute Gasteiger partial charge is 0.307 e. The summed E-state index contributed by atoms with van der Waals surface area (Å²) in [5.74, 6) is 1.92. The Morgan fingerprint density at radius 2 is 0.845 bits per heavy atom. The summed E-state index contributed by atoms with van der Waals surface area (Å²) in [6, 6.07) is 68.0. The van der Waals surface area contributed by atoms with Crippen molar-refractivity contribution in [2.24, 2.45) is 0 Å². The molecule has 4 aromatic heterocycles. The Bertz CT molecular complexity index is 3490. The Morgan fingerprint density at radius 1 is 0.310 bits per heavy atom. The number of aromatic nitrogens is 6. The Hall–Kier alpha value is -7.96. The van der Waals surface area contributed by atoms with E-state index in [-0.39, 0.29) is 0 Å². The predicted octanol–water partition coefficient (Wildman–Crippen LogP) is 12.7. The van der Waals surface area contributed by atoms with Crippen molar-refractivity contribution >= 4 is 60.2 Å². The second-order valence-electron chi connectivity index (χ2n) is 14.7. The first-order chi connectivity index (χ1) is 28.8. The lowest BCUT2D eigenvalue weighted by Gasteiger charge is -2.14. The molecule has 8 aromatic carbocycles. The van der Waals surface area contributed by atoms with Crippen LogP contribution >= 0.6 is 0 Å². The van der Waals surface area contributed by atoms with Gasteiger partial charge in [0.05, 0.1) is 27.6 Å². The molecule has 0 saturated carbocycles. The highest BCUT2D eigenvalue weighted by atomic mass is 15.1. The molecule has 0 spiro atoms. The first-order valence-corrected chi connectivity index (χ1v) is 19.5. The van der Waals surface area contributed by atoms with Crippen molar-refractivity contribution in [3.63, 3.8) is 0 Å². The molecule has 0 atom stereocenters. The van der Waals surface area contributed by atoms with Gasteiger partial charge >= 0.3 is 0 Å². The van der Waals surface area contributed by atoms with Gasteiger partial charge in [-0.15, -0.1) is 0 Å². The summed E-state index contributed by atoms with van der Waals surface area (Å²) < 4.78 is 4.80. The van der Waals surface area contributed by atoms with E-state index in [4.69, 9.17) is 19.9 Å². The molecule has 0 bridgehead atoms. The van der Waals surface area contributed by atoms with E-state index < -0.39 is 0 Å². The lowest BCUT2D eigenvalue weighted by atomic mass is 10.0. The predicted molar refractivity (Wildman–Crippen MR) is 237 cm³/mol. The molecule has 4 heterocycles. The number of hydrogen-bond acceptors (Lipinski definition) is 4. The highest BCUT2D eigenvalue weighted by Gasteiger charge is 2.21. The number of imidazole rings is 1. The van der Waals surface area contributed by atoms with E-state index in [1.807, 2.05) is 60.7 Å². The molecule has 0 N–H and O–H groups in total. The Balaban J connectivity index is 1.03. The average molecular weight is 741 g/mol. The van der Waals surface area contributed by atoms with Crippen LogP contribution in [-0.2, 0) is 0 Å². The number of nitrogens with zero attached hydrogens (tertiary/aromatic N) is 6. The van der Waals surface area contributed by atoms with Crippen LogP contribution in [0.4, 0.5) is 0 Å². The molecular weight excluding hydrogens is 709 g/mol. The average Bonchev–Trinajstić information content (AvgIpc) is 3.86. The topological polar surface area (TPSA) is 60.9 Å². The zero-order chi connectivity index (χ0) is 38.2. The minimum atomic E-state index is 0.634. The minimum Gasteiger partial charge on any atom is -0.307 e. The van der Waals surface area contributed by atoms with Crippen molar-refractivity contribution in [3.8, 4) is 51.0 Å². The SMILES string of the molecule is c1ccc(-c2nc(-c3ccccc3)nc(-c3cccc(-c4ccc(-n5c6ccccc6c6ccc7c8ccccc8c8nc9ccccc9n8c7c65)cc4)c3)n2)cc1. The Labute approximate surface area is 333 Å². The first kappa shape index (κ1) is 32.3. The molecule has 6 nitrogen and oxygen atoms in total. The zero-order valence-electron chi connectivity index (χ0n) is 31.2. The summed E-state index contributed by atoms with van der Waals surface area (Å²) in [4.78, 5) is 20.1. The van der Waals surface area contributed by atoms with Gasteiger partial charge in [-0.05, 0) is 52.9 Å². The molecule has 0 aliphatic heterocycles. The number of pyridine rings is 1. The molecule has 0 unspecified atom stereocenters.